The SMILES string of the molecule is CC1CCCNC1C(=O)N1CCC[C@H]2CCCC[C@H]21. The Morgan fingerprint density at radius 2 is 1.84 bits per heavy atom. The van der Waals surface area contributed by atoms with Gasteiger partial charge in [-0.05, 0) is 56.9 Å². The molecule has 1 N–H and O–H groups in total. The predicted molar refractivity (Wildman–Crippen MR) is 76.9 cm³/mol. The summed E-state index contributed by atoms with van der Waals surface area (Å²) in [6, 6.07) is 0.653. The molecule has 4 atom stereocenters. The highest BCUT2D eigenvalue weighted by Crippen LogP contribution is 2.36. The molecule has 3 heteroatoms. The Balaban J connectivity index is 1.70. The summed E-state index contributed by atoms with van der Waals surface area (Å²) in [6.45, 7) is 4.25. The van der Waals surface area contributed by atoms with Gasteiger partial charge in [0.25, 0.3) is 0 Å². The van der Waals surface area contributed by atoms with E-state index in [0.717, 1.165) is 19.0 Å². The normalized spacial score (nSPS) is 39.7. The number of hydrogen-bond acceptors (Lipinski definition) is 2. The van der Waals surface area contributed by atoms with Crippen LogP contribution in [0, 0.1) is 11.8 Å². The van der Waals surface area contributed by atoms with Gasteiger partial charge in [0.1, 0.15) is 0 Å². The van der Waals surface area contributed by atoms with Crippen LogP contribution in [0.3, 0.4) is 0 Å². The maximum absolute atomic E-state index is 12.9. The lowest BCUT2D eigenvalue weighted by molar-refractivity contribution is -0.141. The van der Waals surface area contributed by atoms with Crippen molar-refractivity contribution >= 4 is 5.91 Å². The van der Waals surface area contributed by atoms with E-state index in [1.54, 1.807) is 0 Å². The highest BCUT2D eigenvalue weighted by Gasteiger charge is 2.39. The summed E-state index contributed by atoms with van der Waals surface area (Å²) in [5.74, 6) is 1.71. The van der Waals surface area contributed by atoms with Gasteiger partial charge in [-0.15, -0.1) is 0 Å². The fourth-order valence-corrected chi connectivity index (χ4v) is 4.46. The number of carbonyl (C=O) groups is 1. The van der Waals surface area contributed by atoms with Crippen LogP contribution < -0.4 is 5.32 Å². The van der Waals surface area contributed by atoms with Gasteiger partial charge >= 0.3 is 0 Å². The zero-order chi connectivity index (χ0) is 13.2. The van der Waals surface area contributed by atoms with Gasteiger partial charge in [0.05, 0.1) is 6.04 Å². The van der Waals surface area contributed by atoms with Gasteiger partial charge in [-0.2, -0.15) is 0 Å². The van der Waals surface area contributed by atoms with Gasteiger partial charge in [-0.1, -0.05) is 19.8 Å². The minimum atomic E-state index is 0.0921. The van der Waals surface area contributed by atoms with E-state index in [1.807, 2.05) is 0 Å². The van der Waals surface area contributed by atoms with Crippen molar-refractivity contribution in [2.24, 2.45) is 11.8 Å². The van der Waals surface area contributed by atoms with Crippen molar-refractivity contribution in [3.05, 3.63) is 0 Å². The highest BCUT2D eigenvalue weighted by molar-refractivity contribution is 5.82. The molecule has 0 aromatic carbocycles. The van der Waals surface area contributed by atoms with Crippen LogP contribution in [0.25, 0.3) is 0 Å². The van der Waals surface area contributed by atoms with Gasteiger partial charge in [0.15, 0.2) is 0 Å². The first-order valence-electron chi connectivity index (χ1n) is 8.31. The van der Waals surface area contributed by atoms with Gasteiger partial charge in [-0.3, -0.25) is 4.79 Å². The van der Waals surface area contributed by atoms with E-state index >= 15 is 0 Å². The molecule has 0 bridgehead atoms. The number of nitrogens with zero attached hydrogens (tertiary/aromatic N) is 1. The molecular formula is C16H28N2O. The third kappa shape index (κ3) is 2.67. The van der Waals surface area contributed by atoms with Crippen LogP contribution in [-0.2, 0) is 4.79 Å². The number of fused-ring (bicyclic) bond motifs is 1. The molecule has 3 rings (SSSR count). The standard InChI is InChI=1S/C16H28N2O/c1-12-6-4-10-17-15(12)16(19)18-11-5-8-13-7-2-3-9-14(13)18/h12-15,17H,2-11H2,1H3/t12?,13-,14-,15?/m1/s1. The topological polar surface area (TPSA) is 32.3 Å². The van der Waals surface area contributed by atoms with Crippen molar-refractivity contribution in [1.82, 2.24) is 10.2 Å². The van der Waals surface area contributed by atoms with Crippen molar-refractivity contribution in [3.63, 3.8) is 0 Å². The van der Waals surface area contributed by atoms with Gasteiger partial charge < -0.3 is 10.2 Å². The third-order valence-electron chi connectivity index (χ3n) is 5.56. The van der Waals surface area contributed by atoms with Crippen LogP contribution in [0.5, 0.6) is 0 Å². The first-order chi connectivity index (χ1) is 9.27. The molecular weight excluding hydrogens is 236 g/mol. The van der Waals surface area contributed by atoms with E-state index in [1.165, 1.54) is 51.4 Å². The molecule has 108 valence electrons. The highest BCUT2D eigenvalue weighted by atomic mass is 16.2. The average Bonchev–Trinajstić information content (AvgIpc) is 2.46. The fraction of sp³-hybridized carbons (Fsp3) is 0.938. The van der Waals surface area contributed by atoms with E-state index in [-0.39, 0.29) is 6.04 Å². The van der Waals surface area contributed by atoms with Crippen molar-refractivity contribution in [3.8, 4) is 0 Å². The smallest absolute Gasteiger partial charge is 0.240 e. The molecule has 0 aromatic rings. The Morgan fingerprint density at radius 1 is 1.05 bits per heavy atom. The van der Waals surface area contributed by atoms with E-state index in [9.17, 15) is 4.79 Å². The molecule has 0 radical (unpaired) electrons. The Morgan fingerprint density at radius 3 is 2.68 bits per heavy atom. The number of rotatable bonds is 1. The Hall–Kier alpha value is -0.570. The number of amides is 1. The largest absolute Gasteiger partial charge is 0.338 e. The second-order valence-electron chi connectivity index (χ2n) is 6.84. The maximum atomic E-state index is 12.9. The molecule has 2 aliphatic heterocycles. The lowest BCUT2D eigenvalue weighted by Gasteiger charge is -2.46. The molecule has 19 heavy (non-hydrogen) atoms. The second-order valence-corrected chi connectivity index (χ2v) is 6.84. The van der Waals surface area contributed by atoms with E-state index in [0.29, 0.717) is 17.9 Å². The summed E-state index contributed by atoms with van der Waals surface area (Å²) in [7, 11) is 0. The fourth-order valence-electron chi connectivity index (χ4n) is 4.46. The number of hydrogen-bond donors (Lipinski definition) is 1. The quantitative estimate of drug-likeness (QED) is 0.789. The van der Waals surface area contributed by atoms with Crippen LogP contribution >= 0.6 is 0 Å². The summed E-state index contributed by atoms with van der Waals surface area (Å²) >= 11 is 0. The predicted octanol–water partition coefficient (Wildman–Crippen LogP) is 2.56. The van der Waals surface area contributed by atoms with E-state index in [4.69, 9.17) is 0 Å². The molecule has 2 unspecified atom stereocenters. The van der Waals surface area contributed by atoms with Gasteiger partial charge in [0.2, 0.25) is 5.91 Å². The summed E-state index contributed by atoms with van der Waals surface area (Å²) in [5.41, 5.74) is 0. The number of carbonyl (C=O) groups excluding carboxylic acids is 1. The van der Waals surface area contributed by atoms with Gasteiger partial charge in [-0.25, -0.2) is 0 Å². The summed E-state index contributed by atoms with van der Waals surface area (Å²) in [4.78, 5) is 15.1. The van der Waals surface area contributed by atoms with E-state index < -0.39 is 0 Å². The first kappa shape index (κ1) is 13.4. The number of piperidine rings is 2. The molecule has 1 saturated carbocycles. The average molecular weight is 264 g/mol. The van der Waals surface area contributed by atoms with Crippen LogP contribution in [-0.4, -0.2) is 36.0 Å². The summed E-state index contributed by atoms with van der Waals surface area (Å²) < 4.78 is 0. The van der Waals surface area contributed by atoms with Crippen LogP contribution in [0.4, 0.5) is 0 Å². The first-order valence-corrected chi connectivity index (χ1v) is 8.31. The third-order valence-corrected chi connectivity index (χ3v) is 5.56. The maximum Gasteiger partial charge on any atom is 0.240 e. The van der Waals surface area contributed by atoms with Crippen LogP contribution in [0.15, 0.2) is 0 Å². The zero-order valence-corrected chi connectivity index (χ0v) is 12.2. The van der Waals surface area contributed by atoms with Gasteiger partial charge in [0, 0.05) is 12.6 Å². The molecule has 3 aliphatic rings. The molecule has 0 spiro atoms. The Bertz CT molecular complexity index is 329. The van der Waals surface area contributed by atoms with E-state index in [2.05, 4.69) is 17.1 Å². The number of nitrogens with one attached hydrogen (secondary N) is 1. The molecule has 3 nitrogen and oxygen atoms in total. The molecule has 0 aromatic heterocycles. The molecule has 2 saturated heterocycles. The minimum Gasteiger partial charge on any atom is -0.338 e. The zero-order valence-electron chi connectivity index (χ0n) is 12.2. The van der Waals surface area contributed by atoms with Crippen molar-refractivity contribution < 1.29 is 4.79 Å². The molecule has 1 amide bonds. The van der Waals surface area contributed by atoms with Crippen molar-refractivity contribution in [2.45, 2.75) is 70.4 Å². The Kier molecular flexibility index (Phi) is 4.11. The van der Waals surface area contributed by atoms with Crippen LogP contribution in [0.2, 0.25) is 0 Å². The molecule has 2 heterocycles. The lowest BCUT2D eigenvalue weighted by Crippen LogP contribution is -2.58. The van der Waals surface area contributed by atoms with Crippen molar-refractivity contribution in [1.29, 1.82) is 0 Å². The lowest BCUT2D eigenvalue weighted by atomic mass is 9.77. The monoisotopic (exact) mass is 264 g/mol. The minimum absolute atomic E-state index is 0.0921. The number of likely N-dealkylation sites (tertiary alicyclic amines) is 1. The summed E-state index contributed by atoms with van der Waals surface area (Å²) in [5, 5.41) is 3.47. The summed E-state index contributed by atoms with van der Waals surface area (Å²) in [6.07, 6.45) is 10.3. The molecule has 3 fully saturated rings. The van der Waals surface area contributed by atoms with Crippen molar-refractivity contribution in [2.75, 3.05) is 13.1 Å². The molecule has 1 aliphatic carbocycles. The second kappa shape index (κ2) is 5.82. The Labute approximate surface area is 117 Å². The van der Waals surface area contributed by atoms with Crippen LogP contribution in [0.1, 0.15) is 58.3 Å².